The SMILES string of the molecule is Cc1ccccc1Nc1c(-c2ccc(Cl)cc2)nc2c(C)cccn12. The molecule has 0 aliphatic heterocycles. The lowest BCUT2D eigenvalue weighted by molar-refractivity contribution is 1.16. The lowest BCUT2D eigenvalue weighted by Crippen LogP contribution is -1.98. The number of anilines is 2. The van der Waals surface area contributed by atoms with Crippen molar-refractivity contribution in [2.24, 2.45) is 0 Å². The molecule has 0 amide bonds. The number of rotatable bonds is 3. The number of hydrogen-bond donors (Lipinski definition) is 1. The van der Waals surface area contributed by atoms with Gasteiger partial charge in [-0.1, -0.05) is 48.0 Å². The Balaban J connectivity index is 1.94. The van der Waals surface area contributed by atoms with Crippen LogP contribution in [0.2, 0.25) is 5.02 Å². The van der Waals surface area contributed by atoms with Crippen molar-refractivity contribution in [3.63, 3.8) is 0 Å². The average Bonchev–Trinajstić information content (AvgIpc) is 2.98. The molecule has 0 saturated heterocycles. The van der Waals surface area contributed by atoms with Gasteiger partial charge in [0.05, 0.1) is 0 Å². The quantitative estimate of drug-likeness (QED) is 0.491. The number of fused-ring (bicyclic) bond motifs is 1. The number of hydrogen-bond acceptors (Lipinski definition) is 2. The normalized spacial score (nSPS) is 11.0. The third-order valence-electron chi connectivity index (χ3n) is 4.36. The lowest BCUT2D eigenvalue weighted by Gasteiger charge is -2.11. The number of halogens is 1. The molecule has 0 radical (unpaired) electrons. The highest BCUT2D eigenvalue weighted by Gasteiger charge is 2.16. The average molecular weight is 348 g/mol. The van der Waals surface area contributed by atoms with Crippen LogP contribution in [-0.2, 0) is 0 Å². The molecular formula is C21H18ClN3. The molecule has 4 aromatic rings. The first kappa shape index (κ1) is 15.7. The van der Waals surface area contributed by atoms with Crippen molar-refractivity contribution in [1.82, 2.24) is 9.38 Å². The highest BCUT2D eigenvalue weighted by molar-refractivity contribution is 6.30. The first-order valence-corrected chi connectivity index (χ1v) is 8.57. The van der Waals surface area contributed by atoms with Crippen LogP contribution in [0.25, 0.3) is 16.9 Å². The molecule has 124 valence electrons. The molecule has 0 fully saturated rings. The van der Waals surface area contributed by atoms with Crippen LogP contribution in [0.15, 0.2) is 66.9 Å². The molecule has 0 unspecified atom stereocenters. The van der Waals surface area contributed by atoms with E-state index in [9.17, 15) is 0 Å². The molecule has 1 N–H and O–H groups in total. The second kappa shape index (κ2) is 6.26. The minimum Gasteiger partial charge on any atom is -0.339 e. The third-order valence-corrected chi connectivity index (χ3v) is 4.61. The van der Waals surface area contributed by atoms with Crippen molar-refractivity contribution < 1.29 is 0 Å². The molecule has 3 nitrogen and oxygen atoms in total. The van der Waals surface area contributed by atoms with E-state index in [0.29, 0.717) is 0 Å². The highest BCUT2D eigenvalue weighted by atomic mass is 35.5. The topological polar surface area (TPSA) is 29.3 Å². The Morgan fingerprint density at radius 2 is 1.60 bits per heavy atom. The summed E-state index contributed by atoms with van der Waals surface area (Å²) in [6, 6.07) is 20.2. The molecule has 2 aromatic heterocycles. The molecule has 0 bridgehead atoms. The van der Waals surface area contributed by atoms with Crippen molar-refractivity contribution in [3.05, 3.63) is 83.0 Å². The van der Waals surface area contributed by atoms with Crippen molar-refractivity contribution in [2.45, 2.75) is 13.8 Å². The zero-order valence-electron chi connectivity index (χ0n) is 14.1. The van der Waals surface area contributed by atoms with Gasteiger partial charge in [0.25, 0.3) is 0 Å². The summed E-state index contributed by atoms with van der Waals surface area (Å²) in [4.78, 5) is 4.90. The number of nitrogens with zero attached hydrogens (tertiary/aromatic N) is 2. The summed E-state index contributed by atoms with van der Waals surface area (Å²) in [6.45, 7) is 4.17. The molecule has 4 rings (SSSR count). The van der Waals surface area contributed by atoms with E-state index in [-0.39, 0.29) is 0 Å². The predicted octanol–water partition coefficient (Wildman–Crippen LogP) is 6.02. The van der Waals surface area contributed by atoms with E-state index < -0.39 is 0 Å². The molecule has 4 heteroatoms. The van der Waals surface area contributed by atoms with E-state index in [1.54, 1.807) is 0 Å². The second-order valence-electron chi connectivity index (χ2n) is 6.14. The zero-order valence-corrected chi connectivity index (χ0v) is 14.9. The van der Waals surface area contributed by atoms with Crippen LogP contribution < -0.4 is 5.32 Å². The minimum absolute atomic E-state index is 0.720. The maximum Gasteiger partial charge on any atom is 0.143 e. The fourth-order valence-electron chi connectivity index (χ4n) is 2.97. The van der Waals surface area contributed by atoms with Gasteiger partial charge < -0.3 is 5.32 Å². The highest BCUT2D eigenvalue weighted by Crippen LogP contribution is 2.33. The second-order valence-corrected chi connectivity index (χ2v) is 6.58. The zero-order chi connectivity index (χ0) is 17.4. The number of aromatic nitrogens is 2. The summed E-state index contributed by atoms with van der Waals surface area (Å²) in [5, 5.41) is 4.29. The van der Waals surface area contributed by atoms with Crippen LogP contribution in [-0.4, -0.2) is 9.38 Å². The first-order chi connectivity index (χ1) is 12.1. The lowest BCUT2D eigenvalue weighted by atomic mass is 10.1. The Bertz CT molecular complexity index is 1050. The van der Waals surface area contributed by atoms with Crippen molar-refractivity contribution >= 4 is 28.8 Å². The Labute approximate surface area is 151 Å². The Morgan fingerprint density at radius 3 is 2.36 bits per heavy atom. The van der Waals surface area contributed by atoms with Gasteiger partial charge in [-0.25, -0.2) is 4.98 Å². The van der Waals surface area contributed by atoms with Crippen LogP contribution >= 0.6 is 11.6 Å². The van der Waals surface area contributed by atoms with Crippen molar-refractivity contribution in [1.29, 1.82) is 0 Å². The largest absolute Gasteiger partial charge is 0.339 e. The van der Waals surface area contributed by atoms with E-state index in [0.717, 1.165) is 39.0 Å². The Kier molecular flexibility index (Phi) is 3.94. The first-order valence-electron chi connectivity index (χ1n) is 8.20. The molecule has 0 aliphatic carbocycles. The van der Waals surface area contributed by atoms with Gasteiger partial charge in [0, 0.05) is 22.5 Å². The summed E-state index contributed by atoms with van der Waals surface area (Å²) in [5.74, 6) is 0.954. The number of imidazole rings is 1. The molecule has 2 heterocycles. The van der Waals surface area contributed by atoms with Crippen LogP contribution in [0.4, 0.5) is 11.5 Å². The van der Waals surface area contributed by atoms with E-state index in [1.165, 1.54) is 5.56 Å². The van der Waals surface area contributed by atoms with Gasteiger partial charge in [0.15, 0.2) is 0 Å². The van der Waals surface area contributed by atoms with Gasteiger partial charge in [-0.2, -0.15) is 0 Å². The third kappa shape index (κ3) is 2.87. The van der Waals surface area contributed by atoms with Gasteiger partial charge >= 0.3 is 0 Å². The predicted molar refractivity (Wildman–Crippen MR) is 105 cm³/mol. The number of benzene rings is 2. The van der Waals surface area contributed by atoms with Gasteiger partial charge in [-0.3, -0.25) is 4.40 Å². The standard InChI is InChI=1S/C21H18ClN3/c1-14-6-3-4-8-18(14)23-21-19(16-9-11-17(22)12-10-16)24-20-15(2)7-5-13-25(20)21/h3-13,23H,1-2H3. The van der Waals surface area contributed by atoms with Gasteiger partial charge in [-0.05, 0) is 49.2 Å². The van der Waals surface area contributed by atoms with E-state index in [1.807, 2.05) is 48.7 Å². The number of aryl methyl sites for hydroxylation is 2. The molecule has 25 heavy (non-hydrogen) atoms. The van der Waals surface area contributed by atoms with Crippen molar-refractivity contribution in [2.75, 3.05) is 5.32 Å². The van der Waals surface area contributed by atoms with E-state index >= 15 is 0 Å². The maximum absolute atomic E-state index is 6.05. The fourth-order valence-corrected chi connectivity index (χ4v) is 3.10. The summed E-state index contributed by atoms with van der Waals surface area (Å²) in [5.41, 5.74) is 6.28. The van der Waals surface area contributed by atoms with Crippen LogP contribution in [0.1, 0.15) is 11.1 Å². The number of pyridine rings is 1. The summed E-state index contributed by atoms with van der Waals surface area (Å²) >= 11 is 6.05. The molecule has 0 atom stereocenters. The van der Waals surface area contributed by atoms with Crippen LogP contribution in [0.3, 0.4) is 0 Å². The maximum atomic E-state index is 6.05. The number of nitrogens with one attached hydrogen (secondary N) is 1. The van der Waals surface area contributed by atoms with E-state index in [2.05, 4.69) is 41.8 Å². The van der Waals surface area contributed by atoms with Gasteiger partial charge in [-0.15, -0.1) is 0 Å². The minimum atomic E-state index is 0.720. The van der Waals surface area contributed by atoms with Crippen LogP contribution in [0.5, 0.6) is 0 Å². The molecule has 0 saturated carbocycles. The van der Waals surface area contributed by atoms with E-state index in [4.69, 9.17) is 16.6 Å². The Morgan fingerprint density at radius 1 is 0.880 bits per heavy atom. The molecule has 2 aromatic carbocycles. The van der Waals surface area contributed by atoms with Crippen molar-refractivity contribution in [3.8, 4) is 11.3 Å². The molecule has 0 spiro atoms. The Hall–Kier alpha value is -2.78. The summed E-state index contributed by atoms with van der Waals surface area (Å²) < 4.78 is 2.10. The summed E-state index contributed by atoms with van der Waals surface area (Å²) in [6.07, 6.45) is 2.04. The summed E-state index contributed by atoms with van der Waals surface area (Å²) in [7, 11) is 0. The molecule has 0 aliphatic rings. The fraction of sp³-hybridized carbons (Fsp3) is 0.0952. The number of para-hydroxylation sites is 1. The van der Waals surface area contributed by atoms with Gasteiger partial charge in [0.1, 0.15) is 17.2 Å². The van der Waals surface area contributed by atoms with Crippen LogP contribution in [0, 0.1) is 13.8 Å². The van der Waals surface area contributed by atoms with Gasteiger partial charge in [0.2, 0.25) is 0 Å². The monoisotopic (exact) mass is 347 g/mol. The molecular weight excluding hydrogens is 330 g/mol. The smallest absolute Gasteiger partial charge is 0.143 e.